The summed E-state index contributed by atoms with van der Waals surface area (Å²) in [6.07, 6.45) is 1.68. The predicted molar refractivity (Wildman–Crippen MR) is 126 cm³/mol. The molecule has 0 aliphatic carbocycles. The molecule has 0 spiro atoms. The summed E-state index contributed by atoms with van der Waals surface area (Å²) in [5, 5.41) is 9.25. The van der Waals surface area contributed by atoms with Gasteiger partial charge >= 0.3 is 0 Å². The van der Waals surface area contributed by atoms with Crippen molar-refractivity contribution in [3.63, 3.8) is 0 Å². The van der Waals surface area contributed by atoms with Crippen LogP contribution < -0.4 is 0 Å². The smallest absolute Gasteiger partial charge is 0.123 e. The van der Waals surface area contributed by atoms with Gasteiger partial charge in [0, 0.05) is 6.54 Å². The monoisotopic (exact) mass is 444 g/mol. The second-order valence-electron chi connectivity index (χ2n) is 8.55. The molecule has 1 unspecified atom stereocenters. The normalized spacial score (nSPS) is 17.2. The van der Waals surface area contributed by atoms with Crippen molar-refractivity contribution in [3.8, 4) is 6.07 Å². The first kappa shape index (κ1) is 23.1. The third-order valence-electron chi connectivity index (χ3n) is 6.25. The van der Waals surface area contributed by atoms with Gasteiger partial charge in [-0.15, -0.1) is 0 Å². The van der Waals surface area contributed by atoms with Gasteiger partial charge in [-0.3, -0.25) is 0 Å². The number of ether oxygens (including phenoxy) is 2. The number of benzene rings is 3. The highest BCUT2D eigenvalue weighted by Crippen LogP contribution is 2.45. The topological polar surface area (TPSA) is 45.5 Å². The SMILES string of the molecule is CN(CCCC1(c2ccc(F)cc2)OCc2cc(C#N)ccc21)CCOCc1ccccc1. The first-order valence-corrected chi connectivity index (χ1v) is 11.3. The van der Waals surface area contributed by atoms with Crippen molar-refractivity contribution in [2.75, 3.05) is 26.7 Å². The van der Waals surface area contributed by atoms with Gasteiger partial charge in [0.25, 0.3) is 0 Å². The zero-order valence-electron chi connectivity index (χ0n) is 19.0. The number of hydrogen-bond acceptors (Lipinski definition) is 4. The molecule has 5 heteroatoms. The minimum atomic E-state index is -0.623. The lowest BCUT2D eigenvalue weighted by Crippen LogP contribution is -2.30. The van der Waals surface area contributed by atoms with Gasteiger partial charge in [-0.05, 0) is 73.0 Å². The van der Waals surface area contributed by atoms with Crippen molar-refractivity contribution < 1.29 is 13.9 Å². The van der Waals surface area contributed by atoms with E-state index < -0.39 is 5.60 Å². The van der Waals surface area contributed by atoms with E-state index in [1.807, 2.05) is 48.5 Å². The summed E-state index contributed by atoms with van der Waals surface area (Å²) >= 11 is 0. The minimum Gasteiger partial charge on any atom is -0.375 e. The van der Waals surface area contributed by atoms with Gasteiger partial charge in [0.1, 0.15) is 11.4 Å². The highest BCUT2D eigenvalue weighted by atomic mass is 19.1. The molecule has 0 radical (unpaired) electrons. The zero-order valence-corrected chi connectivity index (χ0v) is 19.0. The van der Waals surface area contributed by atoms with Crippen LogP contribution in [0.3, 0.4) is 0 Å². The third-order valence-corrected chi connectivity index (χ3v) is 6.25. The quantitative estimate of drug-likeness (QED) is 0.393. The number of halogens is 1. The molecule has 0 bridgehead atoms. The summed E-state index contributed by atoms with van der Waals surface area (Å²) < 4.78 is 25.8. The highest BCUT2D eigenvalue weighted by Gasteiger charge is 2.41. The van der Waals surface area contributed by atoms with Crippen molar-refractivity contribution in [1.82, 2.24) is 4.90 Å². The van der Waals surface area contributed by atoms with Crippen molar-refractivity contribution in [2.45, 2.75) is 31.7 Å². The molecule has 3 aromatic rings. The molecule has 0 aromatic heterocycles. The Morgan fingerprint density at radius 2 is 1.85 bits per heavy atom. The van der Waals surface area contributed by atoms with Crippen LogP contribution >= 0.6 is 0 Å². The third kappa shape index (κ3) is 5.48. The van der Waals surface area contributed by atoms with Gasteiger partial charge in [0.05, 0.1) is 31.5 Å². The molecule has 3 aromatic carbocycles. The van der Waals surface area contributed by atoms with Gasteiger partial charge in [-0.25, -0.2) is 4.39 Å². The van der Waals surface area contributed by atoms with Gasteiger partial charge in [0.15, 0.2) is 0 Å². The van der Waals surface area contributed by atoms with Crippen molar-refractivity contribution in [1.29, 1.82) is 5.26 Å². The van der Waals surface area contributed by atoms with E-state index in [9.17, 15) is 9.65 Å². The summed E-state index contributed by atoms with van der Waals surface area (Å²) in [5.74, 6) is -0.262. The predicted octanol–water partition coefficient (Wildman–Crippen LogP) is 5.40. The zero-order chi connectivity index (χ0) is 23.1. The van der Waals surface area contributed by atoms with E-state index in [0.29, 0.717) is 25.4 Å². The molecule has 1 atom stereocenters. The molecular weight excluding hydrogens is 415 g/mol. The molecular formula is C28H29FN2O2. The fourth-order valence-corrected chi connectivity index (χ4v) is 4.46. The average molecular weight is 445 g/mol. The first-order valence-electron chi connectivity index (χ1n) is 11.3. The lowest BCUT2D eigenvalue weighted by Gasteiger charge is -2.31. The number of rotatable bonds is 10. The van der Waals surface area contributed by atoms with E-state index >= 15 is 0 Å². The van der Waals surface area contributed by atoms with E-state index in [1.54, 1.807) is 0 Å². The van der Waals surface area contributed by atoms with E-state index in [-0.39, 0.29) is 5.82 Å². The fourth-order valence-electron chi connectivity index (χ4n) is 4.46. The number of likely N-dealkylation sites (N-methyl/N-ethyl adjacent to an activating group) is 1. The second-order valence-corrected chi connectivity index (χ2v) is 8.55. The molecule has 0 fully saturated rings. The Morgan fingerprint density at radius 1 is 1.06 bits per heavy atom. The fraction of sp³-hybridized carbons (Fsp3) is 0.321. The molecule has 4 nitrogen and oxygen atoms in total. The van der Waals surface area contributed by atoms with Crippen LogP contribution in [0.25, 0.3) is 0 Å². The molecule has 33 heavy (non-hydrogen) atoms. The standard InChI is InChI=1S/C28H29FN2O2/c1-31(16-17-32-20-22-6-3-2-4-7-22)15-5-14-28(25-9-11-26(29)12-10-25)27-13-8-23(19-30)18-24(27)21-33-28/h2-4,6-13,18H,5,14-17,20-21H2,1H3. The maximum Gasteiger partial charge on any atom is 0.123 e. The Morgan fingerprint density at radius 3 is 2.61 bits per heavy atom. The minimum absolute atomic E-state index is 0.262. The molecule has 0 N–H and O–H groups in total. The Bertz CT molecular complexity index is 1100. The Hall–Kier alpha value is -3.04. The lowest BCUT2D eigenvalue weighted by atomic mass is 9.81. The molecule has 1 aliphatic heterocycles. The Labute approximate surface area is 195 Å². The van der Waals surface area contributed by atoms with Crippen molar-refractivity contribution in [3.05, 3.63) is 106 Å². The molecule has 1 aliphatic rings. The second kappa shape index (κ2) is 10.7. The molecule has 1 heterocycles. The largest absolute Gasteiger partial charge is 0.375 e. The highest BCUT2D eigenvalue weighted by molar-refractivity contribution is 5.47. The number of fused-ring (bicyclic) bond motifs is 1. The van der Waals surface area contributed by atoms with Gasteiger partial charge in [-0.1, -0.05) is 48.5 Å². The average Bonchev–Trinajstić information content (AvgIpc) is 3.21. The van der Waals surface area contributed by atoms with Crippen LogP contribution in [0, 0.1) is 17.1 Å². The number of nitriles is 1. The molecule has 0 saturated carbocycles. The summed E-state index contributed by atoms with van der Waals surface area (Å²) in [6, 6.07) is 24.7. The van der Waals surface area contributed by atoms with E-state index in [2.05, 4.69) is 30.1 Å². The lowest BCUT2D eigenvalue weighted by molar-refractivity contribution is -0.0146. The van der Waals surface area contributed by atoms with Gasteiger partial charge in [0.2, 0.25) is 0 Å². The van der Waals surface area contributed by atoms with Crippen LogP contribution in [0.2, 0.25) is 0 Å². The first-order chi connectivity index (χ1) is 16.1. The van der Waals surface area contributed by atoms with Crippen LogP contribution in [-0.4, -0.2) is 31.6 Å². The van der Waals surface area contributed by atoms with Crippen molar-refractivity contribution in [2.24, 2.45) is 0 Å². The van der Waals surface area contributed by atoms with Crippen LogP contribution in [0.4, 0.5) is 4.39 Å². The van der Waals surface area contributed by atoms with E-state index in [4.69, 9.17) is 9.47 Å². The molecule has 4 rings (SSSR count). The molecule has 170 valence electrons. The van der Waals surface area contributed by atoms with Crippen molar-refractivity contribution >= 4 is 0 Å². The summed E-state index contributed by atoms with van der Waals surface area (Å²) in [6.45, 7) is 3.49. The summed E-state index contributed by atoms with van der Waals surface area (Å²) in [7, 11) is 2.10. The number of nitrogens with zero attached hydrogens (tertiary/aromatic N) is 2. The Balaban J connectivity index is 1.37. The van der Waals surface area contributed by atoms with Crippen LogP contribution in [0.1, 0.15) is 40.7 Å². The maximum absolute atomic E-state index is 13.6. The maximum atomic E-state index is 13.6. The van der Waals surface area contributed by atoms with Crippen LogP contribution in [0.5, 0.6) is 0 Å². The van der Waals surface area contributed by atoms with Gasteiger partial charge in [-0.2, -0.15) is 5.26 Å². The van der Waals surface area contributed by atoms with Crippen LogP contribution in [0.15, 0.2) is 72.8 Å². The van der Waals surface area contributed by atoms with Crippen LogP contribution in [-0.2, 0) is 28.3 Å². The Kier molecular flexibility index (Phi) is 7.51. The van der Waals surface area contributed by atoms with E-state index in [0.717, 1.165) is 42.6 Å². The van der Waals surface area contributed by atoms with E-state index in [1.165, 1.54) is 17.7 Å². The molecule has 0 saturated heterocycles. The summed E-state index contributed by atoms with van der Waals surface area (Å²) in [5.41, 5.74) is 4.23. The number of hydrogen-bond donors (Lipinski definition) is 0. The molecule has 0 amide bonds. The van der Waals surface area contributed by atoms with Gasteiger partial charge < -0.3 is 14.4 Å². The summed E-state index contributed by atoms with van der Waals surface area (Å²) in [4.78, 5) is 2.26.